The number of benzene rings is 2. The van der Waals surface area contributed by atoms with Crippen LogP contribution in [0.2, 0.25) is 0 Å². The number of nitrogens with one attached hydrogen (secondary N) is 1. The van der Waals surface area contributed by atoms with Crippen LogP contribution in [0, 0.1) is 6.92 Å². The van der Waals surface area contributed by atoms with E-state index >= 15 is 0 Å². The number of hydrogen-bond donors (Lipinski definition) is 2. The van der Waals surface area contributed by atoms with Crippen LogP contribution in [0.4, 0.5) is 10.9 Å². The maximum atomic E-state index is 6.00. The van der Waals surface area contributed by atoms with Crippen LogP contribution >= 0.6 is 11.3 Å². The molecule has 27 heavy (non-hydrogen) atoms. The molecule has 0 spiro atoms. The molecule has 2 aromatic carbocycles. The van der Waals surface area contributed by atoms with Gasteiger partial charge in [-0.15, -0.1) is 11.3 Å². The maximum Gasteiger partial charge on any atom is 0.205 e. The van der Waals surface area contributed by atoms with Crippen LogP contribution in [0.15, 0.2) is 57.4 Å². The molecular formula is C20H18N4O2S. The van der Waals surface area contributed by atoms with E-state index in [9.17, 15) is 0 Å². The van der Waals surface area contributed by atoms with Crippen LogP contribution in [0.3, 0.4) is 0 Å². The predicted octanol–water partition coefficient (Wildman–Crippen LogP) is 4.90. The van der Waals surface area contributed by atoms with Crippen LogP contribution in [0.5, 0.6) is 5.75 Å². The summed E-state index contributed by atoms with van der Waals surface area (Å²) in [6, 6.07) is 14.1. The normalized spacial score (nSPS) is 11.3. The Kier molecular flexibility index (Phi) is 4.52. The summed E-state index contributed by atoms with van der Waals surface area (Å²) in [7, 11) is 1.64. The first kappa shape index (κ1) is 17.1. The van der Waals surface area contributed by atoms with Crippen LogP contribution in [-0.4, -0.2) is 18.3 Å². The van der Waals surface area contributed by atoms with Gasteiger partial charge in [0.25, 0.3) is 0 Å². The molecule has 4 aromatic rings. The van der Waals surface area contributed by atoms with E-state index in [1.165, 1.54) is 11.3 Å². The zero-order valence-corrected chi connectivity index (χ0v) is 15.7. The molecule has 0 fully saturated rings. The molecular weight excluding hydrogens is 360 g/mol. The number of aromatic nitrogens is 1. The van der Waals surface area contributed by atoms with E-state index in [2.05, 4.69) is 27.6 Å². The summed E-state index contributed by atoms with van der Waals surface area (Å²) in [6.45, 7) is 1.97. The third kappa shape index (κ3) is 3.37. The molecule has 2 heterocycles. The molecule has 2 aromatic heterocycles. The SMILES string of the molecule is COc1cc2c(-c3ccccc3)c(C)oc2cc1C=NNc1nc(N)cs1. The minimum Gasteiger partial charge on any atom is -0.496 e. The van der Waals surface area contributed by atoms with Crippen molar-refractivity contribution >= 4 is 39.5 Å². The Labute approximate surface area is 160 Å². The van der Waals surface area contributed by atoms with Gasteiger partial charge < -0.3 is 14.9 Å². The van der Waals surface area contributed by atoms with Crippen molar-refractivity contribution in [3.63, 3.8) is 0 Å². The summed E-state index contributed by atoms with van der Waals surface area (Å²) in [5.74, 6) is 2.05. The first-order chi connectivity index (χ1) is 13.2. The lowest BCUT2D eigenvalue weighted by Crippen LogP contribution is -1.94. The van der Waals surface area contributed by atoms with Crippen molar-refractivity contribution in [1.29, 1.82) is 0 Å². The van der Waals surface area contributed by atoms with Gasteiger partial charge in [-0.1, -0.05) is 30.3 Å². The number of fused-ring (bicyclic) bond motifs is 1. The van der Waals surface area contributed by atoms with E-state index in [0.717, 1.165) is 33.4 Å². The van der Waals surface area contributed by atoms with Gasteiger partial charge in [-0.05, 0) is 24.6 Å². The predicted molar refractivity (Wildman–Crippen MR) is 111 cm³/mol. The topological polar surface area (TPSA) is 85.7 Å². The summed E-state index contributed by atoms with van der Waals surface area (Å²) < 4.78 is 11.6. The molecule has 0 bridgehead atoms. The van der Waals surface area contributed by atoms with E-state index in [4.69, 9.17) is 14.9 Å². The number of ether oxygens (including phenoxy) is 1. The molecule has 0 atom stereocenters. The highest BCUT2D eigenvalue weighted by Crippen LogP contribution is 2.37. The van der Waals surface area contributed by atoms with Crippen molar-refractivity contribution in [3.8, 4) is 16.9 Å². The summed E-state index contributed by atoms with van der Waals surface area (Å²) >= 11 is 1.39. The smallest absolute Gasteiger partial charge is 0.205 e. The van der Waals surface area contributed by atoms with Crippen molar-refractivity contribution in [2.45, 2.75) is 6.92 Å². The average molecular weight is 378 g/mol. The second-order valence-corrected chi connectivity index (χ2v) is 6.80. The summed E-state index contributed by atoms with van der Waals surface area (Å²) in [5, 5.41) is 7.61. The molecule has 0 aliphatic carbocycles. The van der Waals surface area contributed by atoms with Gasteiger partial charge in [-0.3, -0.25) is 5.43 Å². The van der Waals surface area contributed by atoms with E-state index in [1.54, 1.807) is 18.7 Å². The summed E-state index contributed by atoms with van der Waals surface area (Å²) in [4.78, 5) is 4.10. The second kappa shape index (κ2) is 7.13. The quantitative estimate of drug-likeness (QED) is 0.381. The van der Waals surface area contributed by atoms with Gasteiger partial charge in [0, 0.05) is 21.9 Å². The highest BCUT2D eigenvalue weighted by atomic mass is 32.1. The van der Waals surface area contributed by atoms with Gasteiger partial charge in [-0.2, -0.15) is 5.10 Å². The Balaban J connectivity index is 1.72. The standard InChI is InChI=1S/C20H18N4O2S/c1-12-19(13-6-4-3-5-7-13)15-9-16(25-2)14(8-17(15)26-12)10-22-24-20-23-18(21)11-27-20/h3-11H,21H2,1-2H3,(H,23,24). The zero-order chi connectivity index (χ0) is 18.8. The molecule has 0 amide bonds. The lowest BCUT2D eigenvalue weighted by molar-refractivity contribution is 0.414. The molecule has 3 N–H and O–H groups in total. The van der Waals surface area contributed by atoms with Crippen LogP contribution < -0.4 is 15.9 Å². The fourth-order valence-electron chi connectivity index (χ4n) is 3.00. The number of nitrogen functional groups attached to an aromatic ring is 1. The number of methoxy groups -OCH3 is 1. The Morgan fingerprint density at radius 2 is 2.07 bits per heavy atom. The van der Waals surface area contributed by atoms with Gasteiger partial charge in [0.1, 0.15) is 22.9 Å². The van der Waals surface area contributed by atoms with Gasteiger partial charge in [-0.25, -0.2) is 4.98 Å². The summed E-state index contributed by atoms with van der Waals surface area (Å²) in [6.07, 6.45) is 1.68. The third-order valence-corrected chi connectivity index (χ3v) is 4.93. The van der Waals surface area contributed by atoms with E-state index < -0.39 is 0 Å². The number of furan rings is 1. The number of rotatable bonds is 5. The third-order valence-electron chi connectivity index (χ3n) is 4.16. The first-order valence-corrected chi connectivity index (χ1v) is 9.20. The van der Waals surface area contributed by atoms with Crippen LogP contribution in [0.25, 0.3) is 22.1 Å². The average Bonchev–Trinajstić information content (AvgIpc) is 3.23. The first-order valence-electron chi connectivity index (χ1n) is 8.32. The molecule has 7 heteroatoms. The molecule has 0 aliphatic rings. The van der Waals surface area contributed by atoms with Gasteiger partial charge in [0.2, 0.25) is 5.13 Å². The van der Waals surface area contributed by atoms with Crippen LogP contribution in [0.1, 0.15) is 11.3 Å². The fourth-order valence-corrected chi connectivity index (χ4v) is 3.55. The van der Waals surface area contributed by atoms with E-state index in [1.807, 2.05) is 37.3 Å². The number of nitrogens with two attached hydrogens (primary N) is 1. The van der Waals surface area contributed by atoms with Crippen LogP contribution in [-0.2, 0) is 0 Å². The number of hydrogen-bond acceptors (Lipinski definition) is 7. The largest absolute Gasteiger partial charge is 0.496 e. The lowest BCUT2D eigenvalue weighted by Gasteiger charge is -2.06. The van der Waals surface area contributed by atoms with Crippen molar-refractivity contribution in [2.24, 2.45) is 5.10 Å². The molecule has 6 nitrogen and oxygen atoms in total. The number of thiazole rings is 1. The number of anilines is 2. The maximum absolute atomic E-state index is 6.00. The molecule has 136 valence electrons. The van der Waals surface area contributed by atoms with E-state index in [-0.39, 0.29) is 0 Å². The second-order valence-electron chi connectivity index (χ2n) is 5.94. The van der Waals surface area contributed by atoms with E-state index in [0.29, 0.717) is 16.7 Å². The highest BCUT2D eigenvalue weighted by Gasteiger charge is 2.15. The molecule has 0 aliphatic heterocycles. The lowest BCUT2D eigenvalue weighted by atomic mass is 10.0. The number of nitrogens with zero attached hydrogens (tertiary/aromatic N) is 2. The minimum absolute atomic E-state index is 0.469. The molecule has 0 unspecified atom stereocenters. The Morgan fingerprint density at radius 3 is 2.78 bits per heavy atom. The highest BCUT2D eigenvalue weighted by molar-refractivity contribution is 7.14. The fraction of sp³-hybridized carbons (Fsp3) is 0.100. The Morgan fingerprint density at radius 1 is 1.26 bits per heavy atom. The van der Waals surface area contributed by atoms with Gasteiger partial charge >= 0.3 is 0 Å². The van der Waals surface area contributed by atoms with Crippen molar-refractivity contribution < 1.29 is 9.15 Å². The molecule has 0 saturated heterocycles. The van der Waals surface area contributed by atoms with Crippen molar-refractivity contribution in [3.05, 3.63) is 59.2 Å². The number of hydrazone groups is 1. The molecule has 4 rings (SSSR count). The monoisotopic (exact) mass is 378 g/mol. The van der Waals surface area contributed by atoms with Gasteiger partial charge in [0.05, 0.1) is 13.3 Å². The minimum atomic E-state index is 0.469. The Bertz CT molecular complexity index is 1120. The summed E-state index contributed by atoms with van der Waals surface area (Å²) in [5.41, 5.74) is 12.2. The van der Waals surface area contributed by atoms with Crippen molar-refractivity contribution in [2.75, 3.05) is 18.3 Å². The Hall–Kier alpha value is -3.32. The zero-order valence-electron chi connectivity index (χ0n) is 14.9. The molecule has 0 saturated carbocycles. The molecule has 0 radical (unpaired) electrons. The van der Waals surface area contributed by atoms with Gasteiger partial charge in [0.15, 0.2) is 0 Å². The number of aryl methyl sites for hydroxylation is 1. The van der Waals surface area contributed by atoms with Crippen molar-refractivity contribution in [1.82, 2.24) is 4.98 Å².